The van der Waals surface area contributed by atoms with E-state index in [0.29, 0.717) is 37.8 Å². The molecular formula is C15H22F3N3O2. The molecule has 0 bridgehead atoms. The topological polar surface area (TPSA) is 54.9 Å². The Balaban J connectivity index is 2.52. The molecule has 0 aliphatic rings. The van der Waals surface area contributed by atoms with Gasteiger partial charge in [0.15, 0.2) is 12.6 Å². The van der Waals surface area contributed by atoms with Crippen LogP contribution in [0.3, 0.4) is 0 Å². The molecule has 0 aromatic heterocycles. The highest BCUT2D eigenvalue weighted by Crippen LogP contribution is 2.21. The van der Waals surface area contributed by atoms with Crippen LogP contribution in [0.25, 0.3) is 0 Å². The summed E-state index contributed by atoms with van der Waals surface area (Å²) in [5, 5.41) is 6.07. The van der Waals surface area contributed by atoms with Gasteiger partial charge in [0.2, 0.25) is 0 Å². The zero-order valence-electron chi connectivity index (χ0n) is 13.2. The van der Waals surface area contributed by atoms with Crippen molar-refractivity contribution in [2.24, 2.45) is 4.99 Å². The van der Waals surface area contributed by atoms with Crippen LogP contribution in [0, 0.1) is 0 Å². The number of alkyl halides is 3. The number of ether oxygens (including phenoxy) is 2. The summed E-state index contributed by atoms with van der Waals surface area (Å²) in [5.41, 5.74) is 0.615. The first kappa shape index (κ1) is 19.1. The standard InChI is InChI=1S/C15H22F3N3O2/c1-3-22-9-8-20-14(19-2)21-10-12-6-4-5-7-13(12)23-11-15(16,17)18/h4-7H,3,8-11H2,1-2H3,(H2,19,20,21). The molecule has 0 aliphatic carbocycles. The van der Waals surface area contributed by atoms with Crippen LogP contribution < -0.4 is 15.4 Å². The normalized spacial score (nSPS) is 12.1. The van der Waals surface area contributed by atoms with Gasteiger partial charge in [-0.15, -0.1) is 0 Å². The van der Waals surface area contributed by atoms with Gasteiger partial charge in [-0.2, -0.15) is 13.2 Å². The summed E-state index contributed by atoms with van der Waals surface area (Å²) in [5.74, 6) is 0.734. The van der Waals surface area contributed by atoms with Crippen molar-refractivity contribution >= 4 is 5.96 Å². The molecule has 0 atom stereocenters. The lowest BCUT2D eigenvalue weighted by molar-refractivity contribution is -0.153. The summed E-state index contributed by atoms with van der Waals surface area (Å²) in [4.78, 5) is 4.03. The van der Waals surface area contributed by atoms with Crippen LogP contribution in [-0.2, 0) is 11.3 Å². The van der Waals surface area contributed by atoms with E-state index in [9.17, 15) is 13.2 Å². The Kier molecular flexibility index (Phi) is 8.25. The molecule has 0 radical (unpaired) electrons. The molecule has 0 fully saturated rings. The fourth-order valence-corrected chi connectivity index (χ4v) is 1.74. The van der Waals surface area contributed by atoms with Crippen LogP contribution in [0.1, 0.15) is 12.5 Å². The van der Waals surface area contributed by atoms with Gasteiger partial charge < -0.3 is 20.1 Å². The van der Waals surface area contributed by atoms with Gasteiger partial charge in [-0.05, 0) is 13.0 Å². The van der Waals surface area contributed by atoms with Gasteiger partial charge in [0.25, 0.3) is 0 Å². The lowest BCUT2D eigenvalue weighted by Gasteiger charge is -2.15. The van der Waals surface area contributed by atoms with Crippen molar-refractivity contribution in [2.75, 3.05) is 33.4 Å². The first-order chi connectivity index (χ1) is 11.0. The average Bonchev–Trinajstić information content (AvgIpc) is 2.52. The molecule has 8 heteroatoms. The van der Waals surface area contributed by atoms with Crippen LogP contribution >= 0.6 is 0 Å². The fourth-order valence-electron chi connectivity index (χ4n) is 1.74. The van der Waals surface area contributed by atoms with Crippen molar-refractivity contribution in [3.63, 3.8) is 0 Å². The summed E-state index contributed by atoms with van der Waals surface area (Å²) >= 11 is 0. The number of rotatable bonds is 8. The minimum Gasteiger partial charge on any atom is -0.484 e. The Bertz CT molecular complexity index is 493. The molecular weight excluding hydrogens is 311 g/mol. The minimum absolute atomic E-state index is 0.196. The number of hydrogen-bond donors (Lipinski definition) is 2. The second-order valence-corrected chi connectivity index (χ2v) is 4.56. The van der Waals surface area contributed by atoms with Gasteiger partial charge in [0, 0.05) is 32.3 Å². The molecule has 2 N–H and O–H groups in total. The maximum Gasteiger partial charge on any atom is 0.422 e. The highest BCUT2D eigenvalue weighted by atomic mass is 19.4. The van der Waals surface area contributed by atoms with E-state index >= 15 is 0 Å². The lowest BCUT2D eigenvalue weighted by atomic mass is 10.2. The Hall–Kier alpha value is -1.96. The third-order valence-corrected chi connectivity index (χ3v) is 2.78. The van der Waals surface area contributed by atoms with E-state index < -0.39 is 12.8 Å². The summed E-state index contributed by atoms with van der Waals surface area (Å²) < 4.78 is 46.8. The molecule has 0 spiro atoms. The van der Waals surface area contributed by atoms with Gasteiger partial charge in [-0.1, -0.05) is 18.2 Å². The van der Waals surface area contributed by atoms with Crippen molar-refractivity contribution in [1.82, 2.24) is 10.6 Å². The van der Waals surface area contributed by atoms with Gasteiger partial charge in [0.05, 0.1) is 6.61 Å². The van der Waals surface area contributed by atoms with E-state index in [1.54, 1.807) is 25.2 Å². The van der Waals surface area contributed by atoms with Crippen molar-refractivity contribution in [1.29, 1.82) is 0 Å². The third kappa shape index (κ3) is 8.29. The van der Waals surface area contributed by atoms with E-state index in [-0.39, 0.29) is 5.75 Å². The predicted molar refractivity (Wildman–Crippen MR) is 82.7 cm³/mol. The van der Waals surface area contributed by atoms with E-state index in [0.717, 1.165) is 0 Å². The first-order valence-corrected chi connectivity index (χ1v) is 7.26. The van der Waals surface area contributed by atoms with E-state index in [1.165, 1.54) is 6.07 Å². The molecule has 5 nitrogen and oxygen atoms in total. The van der Waals surface area contributed by atoms with Gasteiger partial charge >= 0.3 is 6.18 Å². The molecule has 0 saturated heterocycles. The molecule has 23 heavy (non-hydrogen) atoms. The Labute approximate surface area is 133 Å². The highest BCUT2D eigenvalue weighted by Gasteiger charge is 2.28. The number of nitrogens with one attached hydrogen (secondary N) is 2. The summed E-state index contributed by atoms with van der Waals surface area (Å²) in [6, 6.07) is 6.58. The van der Waals surface area contributed by atoms with Gasteiger partial charge in [0.1, 0.15) is 5.75 Å². The van der Waals surface area contributed by atoms with Crippen molar-refractivity contribution in [3.05, 3.63) is 29.8 Å². The van der Waals surface area contributed by atoms with Crippen LogP contribution in [0.15, 0.2) is 29.3 Å². The molecule has 1 rings (SSSR count). The number of para-hydroxylation sites is 1. The van der Waals surface area contributed by atoms with E-state index in [1.807, 2.05) is 6.92 Å². The molecule has 1 aromatic carbocycles. The molecule has 130 valence electrons. The van der Waals surface area contributed by atoms with Crippen molar-refractivity contribution in [3.8, 4) is 5.75 Å². The van der Waals surface area contributed by atoms with Crippen molar-refractivity contribution in [2.45, 2.75) is 19.6 Å². The van der Waals surface area contributed by atoms with Crippen LogP contribution in [0.5, 0.6) is 5.75 Å². The van der Waals surface area contributed by atoms with Crippen LogP contribution in [-0.4, -0.2) is 45.5 Å². The van der Waals surface area contributed by atoms with E-state index in [2.05, 4.69) is 15.6 Å². The number of aliphatic imine (C=N–C) groups is 1. The maximum atomic E-state index is 12.3. The molecule has 1 aromatic rings. The molecule has 0 amide bonds. The monoisotopic (exact) mass is 333 g/mol. The summed E-state index contributed by atoms with van der Waals surface area (Å²) in [6.45, 7) is 2.65. The quantitative estimate of drug-likeness (QED) is 0.436. The molecule has 0 unspecified atom stereocenters. The number of nitrogens with zero attached hydrogens (tertiary/aromatic N) is 1. The largest absolute Gasteiger partial charge is 0.484 e. The predicted octanol–water partition coefficient (Wildman–Crippen LogP) is 2.33. The number of guanidine groups is 1. The molecule has 0 saturated carbocycles. The number of benzene rings is 1. The molecule has 0 aliphatic heterocycles. The smallest absolute Gasteiger partial charge is 0.422 e. The zero-order valence-corrected chi connectivity index (χ0v) is 13.2. The zero-order chi connectivity index (χ0) is 17.1. The van der Waals surface area contributed by atoms with Crippen molar-refractivity contribution < 1.29 is 22.6 Å². The van der Waals surface area contributed by atoms with E-state index in [4.69, 9.17) is 9.47 Å². The number of halogens is 3. The number of hydrogen-bond acceptors (Lipinski definition) is 3. The molecule has 0 heterocycles. The Morgan fingerprint density at radius 2 is 1.96 bits per heavy atom. The minimum atomic E-state index is -4.36. The Morgan fingerprint density at radius 1 is 1.22 bits per heavy atom. The van der Waals surface area contributed by atoms with Gasteiger partial charge in [-0.25, -0.2) is 0 Å². The highest BCUT2D eigenvalue weighted by molar-refractivity contribution is 5.79. The lowest BCUT2D eigenvalue weighted by Crippen LogP contribution is -2.38. The maximum absolute atomic E-state index is 12.3. The van der Waals surface area contributed by atoms with Crippen LogP contribution in [0.2, 0.25) is 0 Å². The average molecular weight is 333 g/mol. The third-order valence-electron chi connectivity index (χ3n) is 2.78. The fraction of sp³-hybridized carbons (Fsp3) is 0.533. The first-order valence-electron chi connectivity index (χ1n) is 7.26. The van der Waals surface area contributed by atoms with Crippen LogP contribution in [0.4, 0.5) is 13.2 Å². The summed E-state index contributed by atoms with van der Waals surface area (Å²) in [6.07, 6.45) is -4.36. The summed E-state index contributed by atoms with van der Waals surface area (Å²) in [7, 11) is 1.61. The van der Waals surface area contributed by atoms with Gasteiger partial charge in [-0.3, -0.25) is 4.99 Å². The second-order valence-electron chi connectivity index (χ2n) is 4.56. The Morgan fingerprint density at radius 3 is 2.61 bits per heavy atom. The SMILES string of the molecule is CCOCCNC(=NC)NCc1ccccc1OCC(F)(F)F. The second kappa shape index (κ2) is 9.94.